The summed E-state index contributed by atoms with van der Waals surface area (Å²) in [5.74, 6) is 0.0882. The summed E-state index contributed by atoms with van der Waals surface area (Å²) in [5, 5.41) is 11.8. The van der Waals surface area contributed by atoms with E-state index in [0.717, 1.165) is 55.2 Å². The van der Waals surface area contributed by atoms with Crippen LogP contribution in [0.5, 0.6) is 5.75 Å². The van der Waals surface area contributed by atoms with E-state index < -0.39 is 18.2 Å². The molecule has 3 aromatic rings. The van der Waals surface area contributed by atoms with Gasteiger partial charge in [0.2, 0.25) is 18.2 Å². The molecule has 0 radical (unpaired) electrons. The third-order valence-electron chi connectivity index (χ3n) is 8.11. The Labute approximate surface area is 247 Å². The van der Waals surface area contributed by atoms with E-state index in [0.29, 0.717) is 51.8 Å². The molecule has 3 aromatic carbocycles. The van der Waals surface area contributed by atoms with Crippen molar-refractivity contribution in [2.75, 3.05) is 0 Å². The SMILES string of the molecule is CCCCCc1ccc(P(=O)(C(=O)c2c(C)cc(C)cc2C)C(=O)c2c(C)cc(C)cc2C)c(CCCCC)c1O. The molecule has 41 heavy (non-hydrogen) atoms. The topological polar surface area (TPSA) is 71.4 Å². The Bertz CT molecular complexity index is 1380. The zero-order valence-corrected chi connectivity index (χ0v) is 27.1. The van der Waals surface area contributed by atoms with Gasteiger partial charge in [-0.3, -0.25) is 9.59 Å². The number of carbonyl (C=O) groups excluding carboxylic acids is 2. The average Bonchev–Trinajstić information content (AvgIpc) is 2.89. The van der Waals surface area contributed by atoms with Gasteiger partial charge in [-0.15, -0.1) is 0 Å². The van der Waals surface area contributed by atoms with Gasteiger partial charge in [0.1, 0.15) is 5.75 Å². The lowest BCUT2D eigenvalue weighted by atomic mass is 9.99. The Morgan fingerprint density at radius 2 is 1.07 bits per heavy atom. The van der Waals surface area contributed by atoms with Crippen LogP contribution in [0.3, 0.4) is 0 Å². The van der Waals surface area contributed by atoms with Gasteiger partial charge in [0.25, 0.3) is 0 Å². The van der Waals surface area contributed by atoms with Crippen LogP contribution in [0, 0.1) is 41.5 Å². The molecule has 0 aromatic heterocycles. The van der Waals surface area contributed by atoms with E-state index in [4.69, 9.17) is 0 Å². The third kappa shape index (κ3) is 6.75. The van der Waals surface area contributed by atoms with Crippen LogP contribution < -0.4 is 5.30 Å². The summed E-state index contributed by atoms with van der Waals surface area (Å²) in [6.07, 6.45) is 6.85. The van der Waals surface area contributed by atoms with Crippen molar-refractivity contribution in [1.29, 1.82) is 0 Å². The molecule has 5 heteroatoms. The number of unbranched alkanes of at least 4 members (excludes halogenated alkanes) is 4. The normalized spacial score (nSPS) is 11.6. The smallest absolute Gasteiger partial charge is 0.249 e. The number of rotatable bonds is 13. The summed E-state index contributed by atoms with van der Waals surface area (Å²) in [5.41, 5.74) is 5.44. The van der Waals surface area contributed by atoms with Crippen molar-refractivity contribution in [2.45, 2.75) is 107 Å². The van der Waals surface area contributed by atoms with Crippen LogP contribution in [-0.4, -0.2) is 16.2 Å². The Hall–Kier alpha value is -2.97. The second-order valence-electron chi connectivity index (χ2n) is 11.8. The van der Waals surface area contributed by atoms with Gasteiger partial charge in [-0.05, 0) is 101 Å². The van der Waals surface area contributed by atoms with Gasteiger partial charge in [0.05, 0.1) is 0 Å². The van der Waals surface area contributed by atoms with Gasteiger partial charge in [0.15, 0.2) is 0 Å². The van der Waals surface area contributed by atoms with Crippen LogP contribution in [-0.2, 0) is 17.4 Å². The Morgan fingerprint density at radius 3 is 1.49 bits per heavy atom. The number of hydrogen-bond donors (Lipinski definition) is 1. The first-order chi connectivity index (χ1) is 19.4. The first kappa shape index (κ1) is 32.5. The molecule has 0 unspecified atom stereocenters. The fourth-order valence-electron chi connectivity index (χ4n) is 6.20. The van der Waals surface area contributed by atoms with Crippen LogP contribution in [0.2, 0.25) is 0 Å². The first-order valence-electron chi connectivity index (χ1n) is 15.1. The number of hydrogen-bond acceptors (Lipinski definition) is 4. The van der Waals surface area contributed by atoms with Gasteiger partial charge < -0.3 is 9.67 Å². The van der Waals surface area contributed by atoms with E-state index >= 15 is 4.57 Å². The summed E-state index contributed by atoms with van der Waals surface area (Å²) in [7, 11) is -4.44. The summed E-state index contributed by atoms with van der Waals surface area (Å²) in [6.45, 7) is 15.5. The molecule has 0 saturated heterocycles. The van der Waals surface area contributed by atoms with Crippen LogP contribution in [0.15, 0.2) is 36.4 Å². The number of carbonyl (C=O) groups is 2. The molecule has 0 aliphatic heterocycles. The highest BCUT2D eigenvalue weighted by Crippen LogP contribution is 2.54. The second-order valence-corrected chi connectivity index (χ2v) is 14.3. The Balaban J connectivity index is 2.38. The van der Waals surface area contributed by atoms with Gasteiger partial charge in [-0.25, -0.2) is 0 Å². The number of phenols is 1. The molecule has 0 aliphatic rings. The monoisotopic (exact) mass is 574 g/mol. The highest BCUT2D eigenvalue weighted by molar-refractivity contribution is 8.01. The van der Waals surface area contributed by atoms with Gasteiger partial charge in [-0.1, -0.05) is 81.0 Å². The van der Waals surface area contributed by atoms with Crippen molar-refractivity contribution >= 4 is 23.5 Å². The predicted octanol–water partition coefficient (Wildman–Crippen LogP) is 9.38. The summed E-state index contributed by atoms with van der Waals surface area (Å²) < 4.78 is 15.6. The minimum atomic E-state index is -4.44. The second kappa shape index (κ2) is 13.8. The van der Waals surface area contributed by atoms with Crippen molar-refractivity contribution in [3.05, 3.63) is 92.0 Å². The van der Waals surface area contributed by atoms with Gasteiger partial charge in [-0.2, -0.15) is 0 Å². The van der Waals surface area contributed by atoms with Crippen LogP contribution >= 0.6 is 7.14 Å². The highest BCUT2D eigenvalue weighted by atomic mass is 31.2. The van der Waals surface area contributed by atoms with Crippen molar-refractivity contribution in [3.8, 4) is 5.75 Å². The number of aryl methyl sites for hydroxylation is 7. The minimum absolute atomic E-state index is 0.0882. The van der Waals surface area contributed by atoms with Crippen LogP contribution in [0.1, 0.15) is 118 Å². The Morgan fingerprint density at radius 1 is 0.659 bits per heavy atom. The molecule has 0 amide bonds. The van der Waals surface area contributed by atoms with E-state index in [2.05, 4.69) is 13.8 Å². The van der Waals surface area contributed by atoms with Crippen molar-refractivity contribution in [3.63, 3.8) is 0 Å². The molecule has 0 atom stereocenters. The van der Waals surface area contributed by atoms with Gasteiger partial charge >= 0.3 is 0 Å². The lowest BCUT2D eigenvalue weighted by Crippen LogP contribution is -2.26. The molecule has 0 bridgehead atoms. The molecular weight excluding hydrogens is 527 g/mol. The molecule has 0 heterocycles. The lowest BCUT2D eigenvalue weighted by Gasteiger charge is -2.24. The lowest BCUT2D eigenvalue weighted by molar-refractivity contribution is 0.104. The van der Waals surface area contributed by atoms with E-state index in [-0.39, 0.29) is 11.1 Å². The van der Waals surface area contributed by atoms with E-state index in [1.54, 1.807) is 12.1 Å². The minimum Gasteiger partial charge on any atom is -0.507 e. The summed E-state index contributed by atoms with van der Waals surface area (Å²) >= 11 is 0. The standard InChI is InChI=1S/C36H47O4P/c1-9-11-13-15-29-17-18-31(30(34(29)37)16-14-12-10-2)41(40,35(38)32-25(5)19-23(3)20-26(32)6)36(39)33-27(7)21-24(4)22-28(33)8/h17-22,37H,9-16H2,1-8H3. The maximum atomic E-state index is 15.6. The van der Waals surface area contributed by atoms with Crippen LogP contribution in [0.4, 0.5) is 0 Å². The number of benzene rings is 3. The van der Waals surface area contributed by atoms with E-state index in [9.17, 15) is 14.7 Å². The first-order valence-corrected chi connectivity index (χ1v) is 16.8. The van der Waals surface area contributed by atoms with Crippen molar-refractivity contribution in [2.24, 2.45) is 0 Å². The average molecular weight is 575 g/mol. The maximum absolute atomic E-state index is 15.6. The zero-order chi connectivity index (χ0) is 30.5. The molecular formula is C36H47O4P. The maximum Gasteiger partial charge on any atom is 0.249 e. The fraction of sp³-hybridized carbons (Fsp3) is 0.444. The zero-order valence-electron chi connectivity index (χ0n) is 26.2. The van der Waals surface area contributed by atoms with Crippen molar-refractivity contribution < 1.29 is 19.3 Å². The molecule has 4 nitrogen and oxygen atoms in total. The quantitative estimate of drug-likeness (QED) is 0.163. The molecule has 3 rings (SSSR count). The van der Waals surface area contributed by atoms with E-state index in [1.807, 2.05) is 65.8 Å². The Kier molecular flexibility index (Phi) is 11.0. The van der Waals surface area contributed by atoms with Crippen molar-refractivity contribution in [1.82, 2.24) is 0 Å². The molecule has 0 aliphatic carbocycles. The number of phenolic OH excluding ortho intramolecular Hbond substituents is 1. The third-order valence-corrected chi connectivity index (χ3v) is 10.8. The molecule has 1 N–H and O–H groups in total. The summed E-state index contributed by atoms with van der Waals surface area (Å²) in [4.78, 5) is 29.3. The molecule has 0 spiro atoms. The molecule has 0 saturated carbocycles. The van der Waals surface area contributed by atoms with Crippen LogP contribution in [0.25, 0.3) is 0 Å². The van der Waals surface area contributed by atoms with E-state index in [1.165, 1.54) is 0 Å². The predicted molar refractivity (Wildman–Crippen MR) is 172 cm³/mol. The largest absolute Gasteiger partial charge is 0.507 e. The molecule has 220 valence electrons. The molecule has 0 fully saturated rings. The van der Waals surface area contributed by atoms with Gasteiger partial charge in [0, 0.05) is 22.0 Å². The highest BCUT2D eigenvalue weighted by Gasteiger charge is 2.46. The summed E-state index contributed by atoms with van der Waals surface area (Å²) in [6, 6.07) is 11.1. The fourth-order valence-corrected chi connectivity index (χ4v) is 9.03. The number of aromatic hydroxyl groups is 1.